The average Bonchev–Trinajstić information content (AvgIpc) is 3.02. The lowest BCUT2D eigenvalue weighted by Crippen LogP contribution is -2.24. The number of unbranched alkanes of at least 4 members (excludes halogenated alkanes) is 1. The van der Waals surface area contributed by atoms with Gasteiger partial charge in [0.05, 0.1) is 6.61 Å². The highest BCUT2D eigenvalue weighted by Gasteiger charge is 2.16. The van der Waals surface area contributed by atoms with E-state index in [-0.39, 0.29) is 12.3 Å². The fourth-order valence-corrected chi connectivity index (χ4v) is 5.48. The van der Waals surface area contributed by atoms with Gasteiger partial charge in [-0.15, -0.1) is 0 Å². The highest BCUT2D eigenvalue weighted by atomic mass is 33.1. The Morgan fingerprint density at radius 1 is 1.19 bits per heavy atom. The van der Waals surface area contributed by atoms with E-state index >= 15 is 0 Å². The van der Waals surface area contributed by atoms with E-state index < -0.39 is 0 Å². The Bertz CT molecular complexity index is 289. The Labute approximate surface area is 135 Å². The second-order valence-electron chi connectivity index (χ2n) is 5.46. The van der Waals surface area contributed by atoms with E-state index in [0.29, 0.717) is 19.6 Å². The van der Waals surface area contributed by atoms with Crippen molar-refractivity contribution in [2.45, 2.75) is 62.9 Å². The molecule has 0 bridgehead atoms. The minimum atomic E-state index is -0.100. The van der Waals surface area contributed by atoms with Gasteiger partial charge in [-0.1, -0.05) is 28.0 Å². The summed E-state index contributed by atoms with van der Waals surface area (Å²) in [6.07, 6.45) is 8.27. The molecule has 0 N–H and O–H groups in total. The zero-order chi connectivity index (χ0) is 14.8. The summed E-state index contributed by atoms with van der Waals surface area (Å²) in [7, 11) is 3.98. The quantitative estimate of drug-likeness (QED) is 0.363. The molecule has 4 nitrogen and oxygen atoms in total. The molecule has 122 valence electrons. The summed E-state index contributed by atoms with van der Waals surface area (Å²) in [6, 6.07) is 0. The van der Waals surface area contributed by atoms with Crippen LogP contribution in [0.2, 0.25) is 0 Å². The zero-order valence-corrected chi connectivity index (χ0v) is 14.2. The van der Waals surface area contributed by atoms with Gasteiger partial charge in [0.2, 0.25) is 0 Å². The molecule has 0 aromatic heterocycles. The molecule has 2 aliphatic rings. The van der Waals surface area contributed by atoms with Crippen LogP contribution in [0.3, 0.4) is 0 Å². The lowest BCUT2D eigenvalue weighted by atomic mass is 10.1. The van der Waals surface area contributed by atoms with E-state index in [1.165, 1.54) is 18.6 Å². The average molecular weight is 335 g/mol. The van der Waals surface area contributed by atoms with Crippen molar-refractivity contribution in [1.82, 2.24) is 0 Å². The molecule has 2 aliphatic heterocycles. The third-order valence-electron chi connectivity index (χ3n) is 3.67. The van der Waals surface area contributed by atoms with Crippen molar-refractivity contribution < 1.29 is 19.0 Å². The largest absolute Gasteiger partial charge is 0.463 e. The second kappa shape index (κ2) is 10.8. The Balaban J connectivity index is 1.38. The third-order valence-corrected chi connectivity index (χ3v) is 6.68. The zero-order valence-electron chi connectivity index (χ0n) is 12.6. The van der Waals surface area contributed by atoms with E-state index in [9.17, 15) is 4.79 Å². The highest BCUT2D eigenvalue weighted by Crippen LogP contribution is 2.39. The summed E-state index contributed by atoms with van der Waals surface area (Å²) in [6.45, 7) is 1.56. The van der Waals surface area contributed by atoms with Gasteiger partial charge in [-0.25, -0.2) is 0 Å². The molecule has 0 aromatic carbocycles. The van der Waals surface area contributed by atoms with Gasteiger partial charge in [0.15, 0.2) is 6.29 Å². The molecular formula is C15H26O4S2. The normalized spacial score (nSPS) is 25.9. The molecule has 1 unspecified atom stereocenters. The van der Waals surface area contributed by atoms with Crippen LogP contribution in [0, 0.1) is 0 Å². The van der Waals surface area contributed by atoms with Gasteiger partial charge in [-0.05, 0) is 38.5 Å². The molecule has 0 saturated carbocycles. The third kappa shape index (κ3) is 7.77. The Hall–Kier alpha value is 0.0900. The maximum atomic E-state index is 11.6. The van der Waals surface area contributed by atoms with E-state index in [1.54, 1.807) is 0 Å². The predicted molar refractivity (Wildman–Crippen MR) is 87.4 cm³/mol. The van der Waals surface area contributed by atoms with Gasteiger partial charge in [0, 0.05) is 24.0 Å². The minimum Gasteiger partial charge on any atom is -0.463 e. The second-order valence-corrected chi connectivity index (χ2v) is 8.25. The van der Waals surface area contributed by atoms with Crippen LogP contribution in [0.25, 0.3) is 0 Å². The van der Waals surface area contributed by atoms with Gasteiger partial charge in [-0.3, -0.25) is 4.79 Å². The van der Waals surface area contributed by atoms with Crippen LogP contribution in [0.4, 0.5) is 0 Å². The molecule has 2 saturated heterocycles. The van der Waals surface area contributed by atoms with Gasteiger partial charge in [0.1, 0.15) is 6.61 Å². The monoisotopic (exact) mass is 334 g/mol. The maximum Gasteiger partial charge on any atom is 0.305 e. The number of hydrogen-bond acceptors (Lipinski definition) is 6. The smallest absolute Gasteiger partial charge is 0.305 e. The van der Waals surface area contributed by atoms with Crippen molar-refractivity contribution in [3.8, 4) is 0 Å². The van der Waals surface area contributed by atoms with Crippen molar-refractivity contribution in [2.75, 3.05) is 25.6 Å². The fraction of sp³-hybridized carbons (Fsp3) is 0.933. The lowest BCUT2D eigenvalue weighted by Gasteiger charge is -2.22. The Morgan fingerprint density at radius 3 is 2.90 bits per heavy atom. The van der Waals surface area contributed by atoms with Crippen LogP contribution in [0.15, 0.2) is 0 Å². The van der Waals surface area contributed by atoms with Crippen LogP contribution in [-0.4, -0.2) is 43.1 Å². The van der Waals surface area contributed by atoms with Crippen LogP contribution in [0.5, 0.6) is 0 Å². The van der Waals surface area contributed by atoms with Crippen LogP contribution in [0.1, 0.15) is 51.4 Å². The highest BCUT2D eigenvalue weighted by molar-refractivity contribution is 8.77. The molecular weight excluding hydrogens is 308 g/mol. The Kier molecular flexibility index (Phi) is 8.93. The molecule has 2 fully saturated rings. The van der Waals surface area contributed by atoms with Crippen molar-refractivity contribution in [1.29, 1.82) is 0 Å². The number of carbonyl (C=O) groups excluding carboxylic acids is 1. The minimum absolute atomic E-state index is 0.0979. The SMILES string of the molecule is O=C(CCCC[C@H]1CCSS1)OCCOC1CCCCO1. The fourth-order valence-electron chi connectivity index (χ4n) is 2.46. The van der Waals surface area contributed by atoms with Crippen LogP contribution in [-0.2, 0) is 19.0 Å². The molecule has 2 heterocycles. The molecule has 0 amide bonds. The summed E-state index contributed by atoms with van der Waals surface area (Å²) < 4.78 is 16.1. The van der Waals surface area contributed by atoms with Crippen molar-refractivity contribution in [3.63, 3.8) is 0 Å². The van der Waals surface area contributed by atoms with E-state index in [1.807, 2.05) is 21.6 Å². The maximum absolute atomic E-state index is 11.6. The first kappa shape index (κ1) is 17.4. The van der Waals surface area contributed by atoms with E-state index in [0.717, 1.165) is 44.0 Å². The first-order valence-corrected chi connectivity index (χ1v) is 10.4. The molecule has 0 aliphatic carbocycles. The van der Waals surface area contributed by atoms with Gasteiger partial charge < -0.3 is 14.2 Å². The molecule has 0 spiro atoms. The van der Waals surface area contributed by atoms with Gasteiger partial charge in [0.25, 0.3) is 0 Å². The topological polar surface area (TPSA) is 44.8 Å². The Morgan fingerprint density at radius 2 is 2.14 bits per heavy atom. The summed E-state index contributed by atoms with van der Waals surface area (Å²) in [5, 5.41) is 0.801. The van der Waals surface area contributed by atoms with Gasteiger partial charge in [-0.2, -0.15) is 0 Å². The standard InChI is InChI=1S/C15H26O4S2/c16-14(6-2-1-5-13-8-12-20-21-13)17-10-11-19-15-7-3-4-9-18-15/h13,15H,1-12H2/t13-,15?/m0/s1. The number of esters is 1. The molecule has 2 rings (SSSR count). The summed E-state index contributed by atoms with van der Waals surface area (Å²) >= 11 is 0. The number of ether oxygens (including phenoxy) is 3. The summed E-state index contributed by atoms with van der Waals surface area (Å²) in [4.78, 5) is 11.6. The molecule has 21 heavy (non-hydrogen) atoms. The molecule has 0 radical (unpaired) electrons. The number of carbonyl (C=O) groups is 1. The predicted octanol–water partition coefficient (Wildman–Crippen LogP) is 3.79. The van der Waals surface area contributed by atoms with E-state index in [4.69, 9.17) is 14.2 Å². The summed E-state index contributed by atoms with van der Waals surface area (Å²) in [5.41, 5.74) is 0. The molecule has 6 heteroatoms. The van der Waals surface area contributed by atoms with Crippen LogP contribution >= 0.6 is 21.6 Å². The number of hydrogen-bond donors (Lipinski definition) is 0. The first-order valence-electron chi connectivity index (χ1n) is 8.02. The van der Waals surface area contributed by atoms with E-state index in [2.05, 4.69) is 0 Å². The van der Waals surface area contributed by atoms with Crippen LogP contribution < -0.4 is 0 Å². The number of rotatable bonds is 9. The van der Waals surface area contributed by atoms with Crippen molar-refractivity contribution >= 4 is 27.6 Å². The summed E-state index contributed by atoms with van der Waals surface area (Å²) in [5.74, 6) is 1.18. The molecule has 2 atom stereocenters. The molecule has 0 aromatic rings. The van der Waals surface area contributed by atoms with Gasteiger partial charge >= 0.3 is 5.97 Å². The lowest BCUT2D eigenvalue weighted by molar-refractivity contribution is -0.173. The van der Waals surface area contributed by atoms with Crippen molar-refractivity contribution in [2.24, 2.45) is 0 Å². The first-order chi connectivity index (χ1) is 10.3. The van der Waals surface area contributed by atoms with Crippen molar-refractivity contribution in [3.05, 3.63) is 0 Å².